The van der Waals surface area contributed by atoms with Crippen LogP contribution in [0, 0.1) is 5.41 Å². The van der Waals surface area contributed by atoms with Crippen LogP contribution in [0.5, 0.6) is 0 Å². The molecule has 78 valence electrons. The molecule has 0 aromatic heterocycles. The summed E-state index contributed by atoms with van der Waals surface area (Å²) in [6.45, 7) is 4.07. The van der Waals surface area contributed by atoms with Gasteiger partial charge in [0, 0.05) is 0 Å². The van der Waals surface area contributed by atoms with Gasteiger partial charge in [-0.25, -0.2) is 0 Å². The lowest BCUT2D eigenvalue weighted by Crippen LogP contribution is -2.41. The predicted octanol–water partition coefficient (Wildman–Crippen LogP) is 2.53. The van der Waals surface area contributed by atoms with Crippen molar-refractivity contribution in [3.63, 3.8) is 0 Å². The van der Waals surface area contributed by atoms with Gasteiger partial charge in [0.15, 0.2) is 0 Å². The summed E-state index contributed by atoms with van der Waals surface area (Å²) in [4.78, 5) is 11.2. The lowest BCUT2D eigenvalue weighted by atomic mass is 9.94. The van der Waals surface area contributed by atoms with Crippen LogP contribution in [-0.4, -0.2) is 24.1 Å². The number of ether oxygens (including phenoxy) is 1. The molecule has 0 heterocycles. The fourth-order valence-electron chi connectivity index (χ4n) is 0.685. The molecule has 0 radical (unpaired) electrons. The van der Waals surface area contributed by atoms with Crippen molar-refractivity contribution in [3.8, 4) is 0 Å². The second-order valence-corrected chi connectivity index (χ2v) is 3.99. The molecule has 0 spiro atoms. The molecular formula is C8H14F2O2S. The zero-order chi connectivity index (χ0) is 10.7. The van der Waals surface area contributed by atoms with Gasteiger partial charge in [0.25, 0.3) is 0 Å². The van der Waals surface area contributed by atoms with Crippen LogP contribution in [0.1, 0.15) is 20.8 Å². The van der Waals surface area contributed by atoms with Crippen molar-refractivity contribution in [2.75, 3.05) is 12.9 Å². The van der Waals surface area contributed by atoms with Crippen LogP contribution >= 0.6 is 11.8 Å². The Balaban J connectivity index is 4.64. The van der Waals surface area contributed by atoms with E-state index in [2.05, 4.69) is 4.74 Å². The third kappa shape index (κ3) is 2.56. The summed E-state index contributed by atoms with van der Waals surface area (Å²) in [6, 6.07) is 0. The molecule has 0 aliphatic carbocycles. The number of carbonyl (C=O) groups excluding carboxylic acids is 1. The summed E-state index contributed by atoms with van der Waals surface area (Å²) in [5, 5.41) is -3.10. The zero-order valence-corrected chi connectivity index (χ0v) is 9.00. The molecule has 0 aliphatic rings. The van der Waals surface area contributed by atoms with Gasteiger partial charge in [-0.2, -0.15) is 8.78 Å². The molecule has 0 saturated carbocycles. The summed E-state index contributed by atoms with van der Waals surface area (Å²) in [5.74, 6) is -0.866. The van der Waals surface area contributed by atoms with E-state index in [1.165, 1.54) is 20.1 Å². The molecule has 0 atom stereocenters. The van der Waals surface area contributed by atoms with Gasteiger partial charge in [-0.05, 0) is 27.0 Å². The highest BCUT2D eigenvalue weighted by atomic mass is 32.2. The third-order valence-corrected chi connectivity index (χ3v) is 2.79. The molecule has 0 fully saturated rings. The number of carbonyl (C=O) groups is 1. The first-order valence-electron chi connectivity index (χ1n) is 3.89. The number of hydrogen-bond acceptors (Lipinski definition) is 3. The standard InChI is InChI=1S/C8H14F2O2S/c1-5-12-6(11)7(2,3)8(9,10)13-4/h5H2,1-4H3. The summed E-state index contributed by atoms with van der Waals surface area (Å²) in [7, 11) is 0. The second-order valence-electron chi connectivity index (χ2n) is 3.07. The van der Waals surface area contributed by atoms with Crippen molar-refractivity contribution in [2.45, 2.75) is 26.0 Å². The van der Waals surface area contributed by atoms with E-state index in [1.54, 1.807) is 6.92 Å². The van der Waals surface area contributed by atoms with Gasteiger partial charge in [0.1, 0.15) is 5.41 Å². The molecule has 0 aliphatic heterocycles. The highest BCUT2D eigenvalue weighted by molar-refractivity contribution is 7.99. The van der Waals surface area contributed by atoms with Gasteiger partial charge in [-0.1, -0.05) is 11.8 Å². The highest BCUT2D eigenvalue weighted by Gasteiger charge is 2.52. The van der Waals surface area contributed by atoms with E-state index in [0.717, 1.165) is 0 Å². The number of hydrogen-bond donors (Lipinski definition) is 0. The minimum absolute atomic E-state index is 0.118. The van der Waals surface area contributed by atoms with Crippen molar-refractivity contribution in [1.29, 1.82) is 0 Å². The second kappa shape index (κ2) is 4.26. The van der Waals surface area contributed by atoms with Crippen LogP contribution in [0.4, 0.5) is 8.78 Å². The van der Waals surface area contributed by atoms with Gasteiger partial charge < -0.3 is 4.74 Å². The fraction of sp³-hybridized carbons (Fsp3) is 0.875. The Hall–Kier alpha value is -0.320. The van der Waals surface area contributed by atoms with Crippen molar-refractivity contribution in [1.82, 2.24) is 0 Å². The maximum absolute atomic E-state index is 13.2. The van der Waals surface area contributed by atoms with E-state index in [9.17, 15) is 13.6 Å². The topological polar surface area (TPSA) is 26.3 Å². The molecule has 0 N–H and O–H groups in total. The summed E-state index contributed by atoms with van der Waals surface area (Å²) in [5.41, 5.74) is -1.78. The SMILES string of the molecule is CCOC(=O)C(C)(C)C(F)(F)SC. The summed E-state index contributed by atoms with van der Waals surface area (Å²) < 4.78 is 30.9. The molecule has 0 bridgehead atoms. The Bertz CT molecular complexity index is 193. The third-order valence-electron chi connectivity index (χ3n) is 1.77. The Morgan fingerprint density at radius 2 is 1.92 bits per heavy atom. The fourth-order valence-corrected chi connectivity index (χ4v) is 1.28. The maximum Gasteiger partial charge on any atom is 0.318 e. The molecule has 0 rings (SSSR count). The van der Waals surface area contributed by atoms with Gasteiger partial charge in [0.05, 0.1) is 6.61 Å². The number of alkyl halides is 2. The van der Waals surface area contributed by atoms with E-state index < -0.39 is 16.6 Å². The number of thioether (sulfide) groups is 1. The van der Waals surface area contributed by atoms with Crippen LogP contribution in [0.15, 0.2) is 0 Å². The molecule has 2 nitrogen and oxygen atoms in total. The van der Waals surface area contributed by atoms with E-state index in [4.69, 9.17) is 0 Å². The van der Waals surface area contributed by atoms with Crippen LogP contribution in [0.25, 0.3) is 0 Å². The van der Waals surface area contributed by atoms with E-state index in [0.29, 0.717) is 11.8 Å². The first-order valence-corrected chi connectivity index (χ1v) is 5.12. The molecular weight excluding hydrogens is 198 g/mol. The maximum atomic E-state index is 13.2. The Morgan fingerprint density at radius 3 is 2.23 bits per heavy atom. The van der Waals surface area contributed by atoms with Gasteiger partial charge in [-0.15, -0.1) is 0 Å². The number of rotatable bonds is 4. The van der Waals surface area contributed by atoms with Gasteiger partial charge >= 0.3 is 11.2 Å². The van der Waals surface area contributed by atoms with E-state index in [1.807, 2.05) is 0 Å². The van der Waals surface area contributed by atoms with Crippen LogP contribution < -0.4 is 0 Å². The molecule has 5 heteroatoms. The van der Waals surface area contributed by atoms with E-state index >= 15 is 0 Å². The van der Waals surface area contributed by atoms with Crippen molar-refractivity contribution >= 4 is 17.7 Å². The van der Waals surface area contributed by atoms with Crippen molar-refractivity contribution in [3.05, 3.63) is 0 Å². The molecule has 0 aromatic carbocycles. The summed E-state index contributed by atoms with van der Waals surface area (Å²) >= 11 is 0.354. The van der Waals surface area contributed by atoms with Crippen LogP contribution in [0.2, 0.25) is 0 Å². The molecule has 0 unspecified atom stereocenters. The van der Waals surface area contributed by atoms with Crippen LogP contribution in [0.3, 0.4) is 0 Å². The Morgan fingerprint density at radius 1 is 1.46 bits per heavy atom. The minimum atomic E-state index is -3.10. The normalized spacial score (nSPS) is 12.8. The molecule has 0 saturated heterocycles. The summed E-state index contributed by atoms with van der Waals surface area (Å²) in [6.07, 6.45) is 1.26. The molecule has 0 aromatic rings. The van der Waals surface area contributed by atoms with Gasteiger partial charge in [0.2, 0.25) is 0 Å². The Labute approximate surface area is 81.0 Å². The monoisotopic (exact) mass is 212 g/mol. The lowest BCUT2D eigenvalue weighted by molar-refractivity contribution is -0.165. The Kier molecular flexibility index (Phi) is 4.16. The van der Waals surface area contributed by atoms with E-state index in [-0.39, 0.29) is 6.61 Å². The minimum Gasteiger partial charge on any atom is -0.465 e. The average Bonchev–Trinajstić information content (AvgIpc) is 2.04. The lowest BCUT2D eigenvalue weighted by Gasteiger charge is -2.29. The largest absolute Gasteiger partial charge is 0.465 e. The number of esters is 1. The highest BCUT2D eigenvalue weighted by Crippen LogP contribution is 2.44. The first kappa shape index (κ1) is 12.7. The van der Waals surface area contributed by atoms with Crippen molar-refractivity contribution < 1.29 is 18.3 Å². The molecule has 0 amide bonds. The number of halogens is 2. The predicted molar refractivity (Wildman–Crippen MR) is 48.9 cm³/mol. The average molecular weight is 212 g/mol. The van der Waals surface area contributed by atoms with Crippen molar-refractivity contribution in [2.24, 2.45) is 5.41 Å². The first-order chi connectivity index (χ1) is 5.79. The van der Waals surface area contributed by atoms with Crippen LogP contribution in [-0.2, 0) is 9.53 Å². The van der Waals surface area contributed by atoms with Gasteiger partial charge in [-0.3, -0.25) is 4.79 Å². The molecule has 13 heavy (non-hydrogen) atoms. The quantitative estimate of drug-likeness (QED) is 0.670. The zero-order valence-electron chi connectivity index (χ0n) is 8.19. The smallest absolute Gasteiger partial charge is 0.318 e.